The van der Waals surface area contributed by atoms with E-state index < -0.39 is 0 Å². The van der Waals surface area contributed by atoms with Gasteiger partial charge in [0.15, 0.2) is 6.61 Å². The lowest BCUT2D eigenvalue weighted by molar-refractivity contribution is -0.113. The second kappa shape index (κ2) is 13.0. The van der Waals surface area contributed by atoms with Crippen molar-refractivity contribution in [1.82, 2.24) is 15.1 Å². The molecule has 11 heteroatoms. The first-order chi connectivity index (χ1) is 19.6. The molecule has 1 aliphatic heterocycles. The first kappa shape index (κ1) is 27.1. The zero-order valence-corrected chi connectivity index (χ0v) is 22.8. The molecule has 0 unspecified atom stereocenters. The van der Waals surface area contributed by atoms with E-state index in [9.17, 15) is 9.59 Å². The fourth-order valence-electron chi connectivity index (χ4n) is 4.20. The molecule has 1 aliphatic rings. The van der Waals surface area contributed by atoms with Gasteiger partial charge in [0.1, 0.15) is 11.5 Å². The van der Waals surface area contributed by atoms with Crippen molar-refractivity contribution in [2.75, 3.05) is 49.3 Å². The minimum atomic E-state index is -0.178. The Kier molecular flexibility index (Phi) is 8.82. The number of anilines is 2. The number of hydrogen-bond donors (Lipinski definition) is 1. The fourth-order valence-corrected chi connectivity index (χ4v) is 4.78. The summed E-state index contributed by atoms with van der Waals surface area (Å²) < 4.78 is 16.4. The zero-order chi connectivity index (χ0) is 27.7. The quantitative estimate of drug-likeness (QED) is 0.284. The number of nitrogens with one attached hydrogen (secondary N) is 1. The van der Waals surface area contributed by atoms with Gasteiger partial charge < -0.3 is 29.0 Å². The van der Waals surface area contributed by atoms with Gasteiger partial charge in [-0.25, -0.2) is 0 Å². The Morgan fingerprint density at radius 1 is 0.925 bits per heavy atom. The molecule has 0 atom stereocenters. The van der Waals surface area contributed by atoms with Crippen molar-refractivity contribution < 1.29 is 23.5 Å². The lowest BCUT2D eigenvalue weighted by atomic mass is 10.1. The molecule has 2 heterocycles. The molecule has 1 saturated heterocycles. The Morgan fingerprint density at radius 3 is 2.42 bits per heavy atom. The normalized spacial score (nSPS) is 13.1. The highest BCUT2D eigenvalue weighted by Crippen LogP contribution is 2.22. The summed E-state index contributed by atoms with van der Waals surface area (Å²) in [5.41, 5.74) is 2.36. The maximum atomic E-state index is 12.9. The highest BCUT2D eigenvalue weighted by atomic mass is 32.2. The van der Waals surface area contributed by atoms with Crippen LogP contribution in [0.1, 0.15) is 16.2 Å². The van der Waals surface area contributed by atoms with E-state index in [2.05, 4.69) is 20.4 Å². The topological polar surface area (TPSA) is 110 Å². The first-order valence-corrected chi connectivity index (χ1v) is 13.8. The summed E-state index contributed by atoms with van der Waals surface area (Å²) in [4.78, 5) is 29.4. The molecule has 1 aromatic heterocycles. The largest absolute Gasteiger partial charge is 0.497 e. The minimum Gasteiger partial charge on any atom is -0.497 e. The van der Waals surface area contributed by atoms with Crippen molar-refractivity contribution >= 4 is 35.0 Å². The Hall–Kier alpha value is -4.51. The molecule has 0 saturated carbocycles. The van der Waals surface area contributed by atoms with Crippen LogP contribution in [-0.2, 0) is 11.4 Å². The summed E-state index contributed by atoms with van der Waals surface area (Å²) >= 11 is 1.16. The van der Waals surface area contributed by atoms with Crippen LogP contribution >= 0.6 is 11.8 Å². The third-order valence-corrected chi connectivity index (χ3v) is 7.10. The molecule has 3 aromatic carbocycles. The number of hydrogen-bond acceptors (Lipinski definition) is 9. The summed E-state index contributed by atoms with van der Waals surface area (Å²) in [6, 6.07) is 24.3. The van der Waals surface area contributed by atoms with Gasteiger partial charge in [-0.2, -0.15) is 0 Å². The standard InChI is InChI=1S/C29H29N5O5S/c1-37-25-9-5-6-21(18-25)28(36)34-16-14-33(15-17-34)23-12-10-22(11-13-23)30-26(35)20-40-29-32-31-27(39-29)19-38-24-7-3-2-4-8-24/h2-13,18H,14-17,19-20H2,1H3,(H,30,35). The average Bonchev–Trinajstić information content (AvgIpc) is 3.47. The van der Waals surface area contributed by atoms with Crippen molar-refractivity contribution in [1.29, 1.82) is 0 Å². The van der Waals surface area contributed by atoms with Crippen molar-refractivity contribution in [3.05, 3.63) is 90.3 Å². The lowest BCUT2D eigenvalue weighted by Gasteiger charge is -2.36. The number of methoxy groups -OCH3 is 1. The van der Waals surface area contributed by atoms with Gasteiger partial charge in [-0.15, -0.1) is 10.2 Å². The van der Waals surface area contributed by atoms with Crippen LogP contribution in [0.3, 0.4) is 0 Å². The Bertz CT molecular complexity index is 1420. The number of para-hydroxylation sites is 1. The van der Waals surface area contributed by atoms with Crippen molar-refractivity contribution in [2.45, 2.75) is 11.8 Å². The maximum absolute atomic E-state index is 12.9. The first-order valence-electron chi connectivity index (χ1n) is 12.8. The van der Waals surface area contributed by atoms with E-state index in [1.165, 1.54) is 0 Å². The SMILES string of the molecule is COc1cccc(C(=O)N2CCN(c3ccc(NC(=O)CSc4nnc(COc5ccccc5)o4)cc3)CC2)c1. The van der Waals surface area contributed by atoms with Gasteiger partial charge in [-0.05, 0) is 54.6 Å². The highest BCUT2D eigenvalue weighted by molar-refractivity contribution is 7.99. The van der Waals surface area contributed by atoms with Gasteiger partial charge in [-0.1, -0.05) is 36.0 Å². The summed E-state index contributed by atoms with van der Waals surface area (Å²) in [7, 11) is 1.59. The van der Waals surface area contributed by atoms with Crippen LogP contribution in [0.15, 0.2) is 88.5 Å². The number of benzene rings is 3. The van der Waals surface area contributed by atoms with Gasteiger partial charge in [0.05, 0.1) is 12.9 Å². The Morgan fingerprint density at radius 2 is 1.68 bits per heavy atom. The van der Waals surface area contributed by atoms with Gasteiger partial charge in [-0.3, -0.25) is 9.59 Å². The molecule has 206 valence electrons. The molecule has 0 radical (unpaired) electrons. The van der Waals surface area contributed by atoms with E-state index in [4.69, 9.17) is 13.9 Å². The van der Waals surface area contributed by atoms with Gasteiger partial charge in [0.2, 0.25) is 5.91 Å². The number of amides is 2. The Balaban J connectivity index is 1.05. The number of ether oxygens (including phenoxy) is 2. The molecule has 0 spiro atoms. The van der Waals surface area contributed by atoms with Gasteiger partial charge in [0.25, 0.3) is 17.0 Å². The van der Waals surface area contributed by atoms with E-state index in [1.807, 2.05) is 77.7 Å². The number of piperazine rings is 1. The molecule has 5 rings (SSSR count). The second-order valence-corrected chi connectivity index (χ2v) is 9.88. The summed E-state index contributed by atoms with van der Waals surface area (Å²) in [5, 5.41) is 11.1. The molecule has 2 amide bonds. The molecule has 1 N–H and O–H groups in total. The van der Waals surface area contributed by atoms with Crippen LogP contribution in [0.4, 0.5) is 11.4 Å². The number of thioether (sulfide) groups is 1. The molecule has 0 bridgehead atoms. The van der Waals surface area contributed by atoms with E-state index in [0.29, 0.717) is 47.0 Å². The van der Waals surface area contributed by atoms with E-state index in [-0.39, 0.29) is 24.2 Å². The van der Waals surface area contributed by atoms with Crippen molar-refractivity contribution in [2.24, 2.45) is 0 Å². The molecular formula is C29H29N5O5S. The number of rotatable bonds is 10. The fraction of sp³-hybridized carbons (Fsp3) is 0.241. The predicted octanol–water partition coefficient (Wildman–Crippen LogP) is 4.35. The lowest BCUT2D eigenvalue weighted by Crippen LogP contribution is -2.48. The highest BCUT2D eigenvalue weighted by Gasteiger charge is 2.22. The second-order valence-electron chi connectivity index (χ2n) is 8.96. The number of aromatic nitrogens is 2. The smallest absolute Gasteiger partial charge is 0.277 e. The maximum Gasteiger partial charge on any atom is 0.277 e. The van der Waals surface area contributed by atoms with Crippen molar-refractivity contribution in [3.8, 4) is 11.5 Å². The number of nitrogens with zero attached hydrogens (tertiary/aromatic N) is 4. The van der Waals surface area contributed by atoms with Crippen LogP contribution in [0.5, 0.6) is 11.5 Å². The van der Waals surface area contributed by atoms with Crippen LogP contribution < -0.4 is 19.7 Å². The zero-order valence-electron chi connectivity index (χ0n) is 22.0. The predicted molar refractivity (Wildman–Crippen MR) is 152 cm³/mol. The van der Waals surface area contributed by atoms with Crippen LogP contribution in [-0.4, -0.2) is 66.0 Å². The van der Waals surface area contributed by atoms with E-state index in [1.54, 1.807) is 13.2 Å². The van der Waals surface area contributed by atoms with Crippen LogP contribution in [0.25, 0.3) is 0 Å². The Labute approximate surface area is 236 Å². The van der Waals surface area contributed by atoms with Gasteiger partial charge in [0, 0.05) is 43.1 Å². The van der Waals surface area contributed by atoms with Crippen LogP contribution in [0.2, 0.25) is 0 Å². The molecular weight excluding hydrogens is 530 g/mol. The summed E-state index contributed by atoms with van der Waals surface area (Å²) in [6.45, 7) is 2.86. The van der Waals surface area contributed by atoms with E-state index in [0.717, 1.165) is 30.5 Å². The van der Waals surface area contributed by atoms with Gasteiger partial charge >= 0.3 is 0 Å². The third kappa shape index (κ3) is 7.11. The minimum absolute atomic E-state index is 0.00625. The molecule has 10 nitrogen and oxygen atoms in total. The molecule has 1 fully saturated rings. The molecule has 40 heavy (non-hydrogen) atoms. The average molecular weight is 560 g/mol. The molecule has 0 aliphatic carbocycles. The van der Waals surface area contributed by atoms with Crippen molar-refractivity contribution in [3.63, 3.8) is 0 Å². The third-order valence-electron chi connectivity index (χ3n) is 6.28. The number of carbonyl (C=O) groups is 2. The summed E-state index contributed by atoms with van der Waals surface area (Å²) in [6.07, 6.45) is 0. The molecule has 4 aromatic rings. The monoisotopic (exact) mass is 559 g/mol. The summed E-state index contributed by atoms with van der Waals surface area (Å²) in [5.74, 6) is 1.68. The van der Waals surface area contributed by atoms with E-state index >= 15 is 0 Å². The van der Waals surface area contributed by atoms with Crippen LogP contribution in [0, 0.1) is 0 Å². The number of carbonyl (C=O) groups excluding carboxylic acids is 2.